The van der Waals surface area contributed by atoms with Crippen molar-refractivity contribution in [1.82, 2.24) is 9.97 Å². The van der Waals surface area contributed by atoms with Crippen molar-refractivity contribution < 1.29 is 9.59 Å². The number of aromatic amines is 1. The van der Waals surface area contributed by atoms with Gasteiger partial charge in [0.25, 0.3) is 5.91 Å². The Morgan fingerprint density at radius 3 is 2.77 bits per heavy atom. The number of H-pyrrole nitrogens is 1. The molecule has 0 radical (unpaired) electrons. The molecule has 0 saturated carbocycles. The third kappa shape index (κ3) is 2.39. The van der Waals surface area contributed by atoms with Crippen LogP contribution in [0.5, 0.6) is 0 Å². The highest BCUT2D eigenvalue weighted by atomic mass is 16.2. The van der Waals surface area contributed by atoms with Gasteiger partial charge in [0, 0.05) is 24.4 Å². The van der Waals surface area contributed by atoms with Gasteiger partial charge in [-0.2, -0.15) is 0 Å². The van der Waals surface area contributed by atoms with Crippen LogP contribution in [0.1, 0.15) is 29.3 Å². The van der Waals surface area contributed by atoms with E-state index >= 15 is 0 Å². The van der Waals surface area contributed by atoms with Gasteiger partial charge in [0.2, 0.25) is 5.91 Å². The van der Waals surface area contributed by atoms with Gasteiger partial charge in [0.15, 0.2) is 0 Å². The van der Waals surface area contributed by atoms with Crippen molar-refractivity contribution in [2.45, 2.75) is 20.8 Å². The number of amides is 2. The van der Waals surface area contributed by atoms with Crippen LogP contribution in [0.15, 0.2) is 18.5 Å². The minimum atomic E-state index is -0.200. The zero-order valence-electron chi connectivity index (χ0n) is 12.6. The molecule has 22 heavy (non-hydrogen) atoms. The molecule has 1 aliphatic heterocycles. The van der Waals surface area contributed by atoms with Crippen molar-refractivity contribution in [2.24, 2.45) is 0 Å². The van der Waals surface area contributed by atoms with Gasteiger partial charge in [-0.15, -0.1) is 0 Å². The lowest BCUT2D eigenvalue weighted by molar-refractivity contribution is -0.114. The smallest absolute Gasteiger partial charge is 0.257 e. The van der Waals surface area contributed by atoms with E-state index in [1.165, 1.54) is 13.1 Å². The van der Waals surface area contributed by atoms with E-state index in [2.05, 4.69) is 20.6 Å². The molecule has 0 aromatic carbocycles. The van der Waals surface area contributed by atoms with E-state index in [4.69, 9.17) is 0 Å². The van der Waals surface area contributed by atoms with E-state index in [-0.39, 0.29) is 11.8 Å². The van der Waals surface area contributed by atoms with Crippen LogP contribution in [0, 0.1) is 13.8 Å². The molecule has 2 aromatic rings. The first kappa shape index (κ1) is 14.1. The summed E-state index contributed by atoms with van der Waals surface area (Å²) in [7, 11) is 0. The number of anilines is 2. The quantitative estimate of drug-likeness (QED) is 0.744. The molecule has 112 valence electrons. The lowest BCUT2D eigenvalue weighted by atomic mass is 10.1. The maximum atomic E-state index is 12.2. The number of hydrogen-bond acceptors (Lipinski definition) is 3. The molecule has 2 aromatic heterocycles. The Balaban J connectivity index is 2.06. The van der Waals surface area contributed by atoms with Crippen LogP contribution in [-0.4, -0.2) is 21.8 Å². The average Bonchev–Trinajstić information content (AvgIpc) is 2.93. The minimum absolute atomic E-state index is 0.180. The van der Waals surface area contributed by atoms with Crippen LogP contribution < -0.4 is 10.6 Å². The molecule has 1 aliphatic rings. The highest BCUT2D eigenvalue weighted by Crippen LogP contribution is 2.33. The first-order valence-corrected chi connectivity index (χ1v) is 6.91. The molecule has 0 unspecified atom stereocenters. The van der Waals surface area contributed by atoms with Crippen molar-refractivity contribution >= 4 is 35.0 Å². The summed E-state index contributed by atoms with van der Waals surface area (Å²) < 4.78 is 0. The summed E-state index contributed by atoms with van der Waals surface area (Å²) in [5, 5.41) is 5.40. The number of aryl methyl sites for hydroxylation is 1. The van der Waals surface area contributed by atoms with Crippen molar-refractivity contribution in [3.63, 3.8) is 0 Å². The molecule has 0 spiro atoms. The molecule has 2 amide bonds. The lowest BCUT2D eigenvalue weighted by Gasteiger charge is -2.04. The highest BCUT2D eigenvalue weighted by Gasteiger charge is 2.26. The second-order valence-electron chi connectivity index (χ2n) is 5.32. The Morgan fingerprint density at radius 2 is 2.14 bits per heavy atom. The number of carbonyl (C=O) groups is 2. The summed E-state index contributed by atoms with van der Waals surface area (Å²) in [6.07, 6.45) is 5.23. The number of carbonyl (C=O) groups excluding carboxylic acids is 2. The van der Waals surface area contributed by atoms with Crippen LogP contribution in [0.4, 0.5) is 11.5 Å². The van der Waals surface area contributed by atoms with E-state index in [0.29, 0.717) is 22.6 Å². The summed E-state index contributed by atoms with van der Waals surface area (Å²) in [6, 6.07) is 1.75. The zero-order chi connectivity index (χ0) is 15.9. The SMILES string of the molecule is CC(=O)Nc1cnc2c(c1)C(=Cc1[nH]cc(C)c1C)C(=O)N2. The fourth-order valence-electron chi connectivity index (χ4n) is 2.39. The van der Waals surface area contributed by atoms with Crippen LogP contribution in [0.3, 0.4) is 0 Å². The number of hydrogen-bond donors (Lipinski definition) is 3. The first-order valence-electron chi connectivity index (χ1n) is 6.91. The third-order valence-electron chi connectivity index (χ3n) is 3.70. The maximum Gasteiger partial charge on any atom is 0.257 e. The van der Waals surface area contributed by atoms with Crippen molar-refractivity contribution in [3.8, 4) is 0 Å². The Morgan fingerprint density at radius 1 is 1.36 bits per heavy atom. The molecule has 6 nitrogen and oxygen atoms in total. The van der Waals surface area contributed by atoms with E-state index in [1.807, 2.05) is 26.1 Å². The van der Waals surface area contributed by atoms with Crippen molar-refractivity contribution in [3.05, 3.63) is 40.8 Å². The van der Waals surface area contributed by atoms with E-state index in [1.54, 1.807) is 6.07 Å². The Bertz CT molecular complexity index is 818. The van der Waals surface area contributed by atoms with Gasteiger partial charge in [0.05, 0.1) is 17.5 Å². The summed E-state index contributed by atoms with van der Waals surface area (Å²) in [6.45, 7) is 5.43. The molecule has 0 atom stereocenters. The van der Waals surface area contributed by atoms with Gasteiger partial charge < -0.3 is 15.6 Å². The van der Waals surface area contributed by atoms with Gasteiger partial charge in [-0.05, 0) is 37.1 Å². The van der Waals surface area contributed by atoms with Gasteiger partial charge in [-0.25, -0.2) is 4.98 Å². The predicted molar refractivity (Wildman–Crippen MR) is 85.3 cm³/mol. The molecule has 3 N–H and O–H groups in total. The molecule has 3 rings (SSSR count). The summed E-state index contributed by atoms with van der Waals surface area (Å²) in [4.78, 5) is 30.7. The van der Waals surface area contributed by atoms with Crippen LogP contribution in [-0.2, 0) is 9.59 Å². The van der Waals surface area contributed by atoms with Crippen molar-refractivity contribution in [1.29, 1.82) is 0 Å². The minimum Gasteiger partial charge on any atom is -0.361 e. The molecule has 0 bridgehead atoms. The van der Waals surface area contributed by atoms with E-state index < -0.39 is 0 Å². The molecular formula is C16H16N4O2. The van der Waals surface area contributed by atoms with Crippen LogP contribution in [0.2, 0.25) is 0 Å². The predicted octanol–water partition coefficient (Wildman–Crippen LogP) is 2.48. The fraction of sp³-hybridized carbons (Fsp3) is 0.188. The molecule has 3 heterocycles. The number of fused-ring (bicyclic) bond motifs is 1. The second kappa shape index (κ2) is 5.14. The van der Waals surface area contributed by atoms with E-state index in [0.717, 1.165) is 16.8 Å². The van der Waals surface area contributed by atoms with Gasteiger partial charge in [0.1, 0.15) is 5.82 Å². The summed E-state index contributed by atoms with van der Waals surface area (Å²) >= 11 is 0. The Labute approximate surface area is 127 Å². The van der Waals surface area contributed by atoms with Crippen LogP contribution >= 0.6 is 0 Å². The monoisotopic (exact) mass is 296 g/mol. The van der Waals surface area contributed by atoms with Gasteiger partial charge in [-0.3, -0.25) is 9.59 Å². The normalized spacial score (nSPS) is 14.9. The molecule has 6 heteroatoms. The highest BCUT2D eigenvalue weighted by molar-refractivity contribution is 6.34. The largest absolute Gasteiger partial charge is 0.361 e. The molecule has 0 saturated heterocycles. The molecular weight excluding hydrogens is 280 g/mol. The standard InChI is InChI=1S/C16H16N4O2/c1-8-6-17-14(9(8)2)5-13-12-4-11(19-10(3)21)7-18-15(12)20-16(13)22/h4-7,17H,1-3H3,(H,19,21)(H,18,20,22). The van der Waals surface area contributed by atoms with Crippen LogP contribution in [0.25, 0.3) is 11.6 Å². The van der Waals surface area contributed by atoms with E-state index in [9.17, 15) is 9.59 Å². The molecule has 0 aliphatic carbocycles. The average molecular weight is 296 g/mol. The molecule has 0 fully saturated rings. The number of nitrogens with one attached hydrogen (secondary N) is 3. The second-order valence-corrected chi connectivity index (χ2v) is 5.32. The summed E-state index contributed by atoms with van der Waals surface area (Å²) in [5.41, 5.74) is 4.89. The number of nitrogens with zero attached hydrogens (tertiary/aromatic N) is 1. The van der Waals surface area contributed by atoms with Gasteiger partial charge in [-0.1, -0.05) is 0 Å². The number of rotatable bonds is 2. The number of pyridine rings is 1. The van der Waals surface area contributed by atoms with Gasteiger partial charge >= 0.3 is 0 Å². The lowest BCUT2D eigenvalue weighted by Crippen LogP contribution is -2.06. The Kier molecular flexibility index (Phi) is 3.29. The number of aromatic nitrogens is 2. The topological polar surface area (TPSA) is 86.9 Å². The first-order chi connectivity index (χ1) is 10.5. The fourth-order valence-corrected chi connectivity index (χ4v) is 2.39. The zero-order valence-corrected chi connectivity index (χ0v) is 12.6. The third-order valence-corrected chi connectivity index (χ3v) is 3.70. The van der Waals surface area contributed by atoms with Crippen molar-refractivity contribution in [2.75, 3.05) is 10.6 Å². The summed E-state index contributed by atoms with van der Waals surface area (Å²) in [5.74, 6) is 0.126. The maximum absolute atomic E-state index is 12.2. The Hall–Kier alpha value is -2.89.